The van der Waals surface area contributed by atoms with E-state index < -0.39 is 11.8 Å². The maximum Gasteiger partial charge on any atom is 0.272 e. The van der Waals surface area contributed by atoms with E-state index in [1.807, 2.05) is 12.1 Å². The minimum atomic E-state index is -0.479. The van der Waals surface area contributed by atoms with Gasteiger partial charge in [-0.15, -0.1) is 0 Å². The smallest absolute Gasteiger partial charge is 0.272 e. The number of carbonyl (C=O) groups is 2. The fourth-order valence-corrected chi connectivity index (χ4v) is 3.29. The van der Waals surface area contributed by atoms with E-state index in [9.17, 15) is 9.59 Å². The summed E-state index contributed by atoms with van der Waals surface area (Å²) in [5, 5.41) is 5.51. The minimum absolute atomic E-state index is 0.0559. The third-order valence-corrected chi connectivity index (χ3v) is 4.84. The standard InChI is InChI=1S/C24H21BrN2O4/c1-30-21-13-6-10-17(22(21)31-2)14-20(27-23(28)16-8-4-3-5-9-16)24(29)26-19-12-7-11-18(25)15-19/h3-15H,1-2H3,(H,26,29)(H,27,28). The Kier molecular flexibility index (Phi) is 7.45. The van der Waals surface area contributed by atoms with Crippen LogP contribution in [-0.4, -0.2) is 26.0 Å². The van der Waals surface area contributed by atoms with Crippen molar-refractivity contribution >= 4 is 39.5 Å². The van der Waals surface area contributed by atoms with Crippen LogP contribution >= 0.6 is 15.9 Å². The monoisotopic (exact) mass is 480 g/mol. The van der Waals surface area contributed by atoms with Gasteiger partial charge in [0.25, 0.3) is 11.8 Å². The van der Waals surface area contributed by atoms with Gasteiger partial charge in [0.05, 0.1) is 14.2 Å². The van der Waals surface area contributed by atoms with E-state index in [1.165, 1.54) is 14.2 Å². The van der Waals surface area contributed by atoms with E-state index in [1.54, 1.807) is 66.7 Å². The predicted octanol–water partition coefficient (Wildman–Crippen LogP) is 4.88. The molecule has 31 heavy (non-hydrogen) atoms. The van der Waals surface area contributed by atoms with Crippen molar-refractivity contribution in [3.05, 3.63) is 94.1 Å². The van der Waals surface area contributed by atoms with Crippen LogP contribution in [0, 0.1) is 0 Å². The first-order valence-corrected chi connectivity index (χ1v) is 10.2. The summed E-state index contributed by atoms with van der Waals surface area (Å²) in [7, 11) is 3.04. The Morgan fingerprint density at radius 3 is 2.32 bits per heavy atom. The molecule has 0 atom stereocenters. The number of halogens is 1. The van der Waals surface area contributed by atoms with Gasteiger partial charge in [0.2, 0.25) is 0 Å². The van der Waals surface area contributed by atoms with Crippen molar-refractivity contribution in [2.75, 3.05) is 19.5 Å². The Bertz CT molecular complexity index is 1110. The third kappa shape index (κ3) is 5.73. The predicted molar refractivity (Wildman–Crippen MR) is 124 cm³/mol. The zero-order valence-electron chi connectivity index (χ0n) is 17.0. The highest BCUT2D eigenvalue weighted by Gasteiger charge is 2.17. The minimum Gasteiger partial charge on any atom is -0.493 e. The summed E-state index contributed by atoms with van der Waals surface area (Å²) in [6, 6.07) is 21.1. The number of nitrogens with one attached hydrogen (secondary N) is 2. The van der Waals surface area contributed by atoms with Crippen LogP contribution in [0.1, 0.15) is 15.9 Å². The molecule has 0 radical (unpaired) electrons. The number of benzene rings is 3. The van der Waals surface area contributed by atoms with Crippen LogP contribution in [0.2, 0.25) is 0 Å². The lowest BCUT2D eigenvalue weighted by Crippen LogP contribution is -2.30. The van der Waals surface area contributed by atoms with E-state index in [4.69, 9.17) is 9.47 Å². The first kappa shape index (κ1) is 22.1. The van der Waals surface area contributed by atoms with Crippen molar-refractivity contribution in [2.24, 2.45) is 0 Å². The summed E-state index contributed by atoms with van der Waals surface area (Å²) in [5.74, 6) is 0.0782. The average molecular weight is 481 g/mol. The van der Waals surface area contributed by atoms with E-state index in [-0.39, 0.29) is 5.70 Å². The van der Waals surface area contributed by atoms with Crippen molar-refractivity contribution in [3.8, 4) is 11.5 Å². The quantitative estimate of drug-likeness (QED) is 0.472. The molecule has 0 spiro atoms. The van der Waals surface area contributed by atoms with Crippen molar-refractivity contribution in [1.82, 2.24) is 5.32 Å². The number of rotatable bonds is 7. The molecule has 0 bridgehead atoms. The van der Waals surface area contributed by atoms with E-state index in [0.717, 1.165) is 4.47 Å². The average Bonchev–Trinajstić information content (AvgIpc) is 2.78. The molecule has 0 fully saturated rings. The molecule has 6 nitrogen and oxygen atoms in total. The largest absolute Gasteiger partial charge is 0.493 e. The topological polar surface area (TPSA) is 76.7 Å². The van der Waals surface area contributed by atoms with E-state index in [2.05, 4.69) is 26.6 Å². The SMILES string of the molecule is COc1cccc(C=C(NC(=O)c2ccccc2)C(=O)Nc2cccc(Br)c2)c1OC. The lowest BCUT2D eigenvalue weighted by atomic mass is 10.1. The second kappa shape index (κ2) is 10.4. The van der Waals surface area contributed by atoms with Crippen LogP contribution < -0.4 is 20.1 Å². The number of amides is 2. The highest BCUT2D eigenvalue weighted by Crippen LogP contribution is 2.32. The maximum atomic E-state index is 13.1. The molecule has 158 valence electrons. The van der Waals surface area contributed by atoms with Crippen molar-refractivity contribution in [3.63, 3.8) is 0 Å². The molecular formula is C24H21BrN2O4. The molecule has 3 rings (SSSR count). The number of methoxy groups -OCH3 is 2. The van der Waals surface area contributed by atoms with E-state index >= 15 is 0 Å². The van der Waals surface area contributed by atoms with Gasteiger partial charge in [-0.05, 0) is 42.5 Å². The number of anilines is 1. The van der Waals surface area contributed by atoms with Gasteiger partial charge < -0.3 is 20.1 Å². The van der Waals surface area contributed by atoms with Gasteiger partial charge >= 0.3 is 0 Å². The van der Waals surface area contributed by atoms with Gasteiger partial charge in [-0.25, -0.2) is 0 Å². The fourth-order valence-electron chi connectivity index (χ4n) is 2.89. The molecule has 0 aliphatic carbocycles. The molecule has 0 unspecified atom stereocenters. The van der Waals surface area contributed by atoms with Gasteiger partial charge in [-0.3, -0.25) is 9.59 Å². The molecule has 2 amide bonds. The summed E-state index contributed by atoms with van der Waals surface area (Å²) >= 11 is 3.38. The number of hydrogen-bond acceptors (Lipinski definition) is 4. The Morgan fingerprint density at radius 1 is 0.903 bits per heavy atom. The highest BCUT2D eigenvalue weighted by atomic mass is 79.9. The van der Waals surface area contributed by atoms with Gasteiger partial charge in [-0.2, -0.15) is 0 Å². The van der Waals surface area contributed by atoms with Crippen molar-refractivity contribution in [2.45, 2.75) is 0 Å². The molecule has 0 saturated heterocycles. The third-order valence-electron chi connectivity index (χ3n) is 4.34. The number of ether oxygens (including phenoxy) is 2. The molecule has 0 saturated carbocycles. The molecule has 3 aromatic carbocycles. The lowest BCUT2D eigenvalue weighted by Gasteiger charge is -2.14. The molecule has 2 N–H and O–H groups in total. The van der Waals surface area contributed by atoms with Crippen LogP contribution in [0.5, 0.6) is 11.5 Å². The highest BCUT2D eigenvalue weighted by molar-refractivity contribution is 9.10. The first-order valence-electron chi connectivity index (χ1n) is 9.38. The second-order valence-electron chi connectivity index (χ2n) is 6.43. The number of para-hydroxylation sites is 1. The maximum absolute atomic E-state index is 13.1. The van der Waals surface area contributed by atoms with Crippen molar-refractivity contribution in [1.29, 1.82) is 0 Å². The van der Waals surface area contributed by atoms with Gasteiger partial charge in [-0.1, -0.05) is 52.3 Å². The second-order valence-corrected chi connectivity index (χ2v) is 7.34. The Balaban J connectivity index is 1.98. The van der Waals surface area contributed by atoms with Crippen LogP contribution in [0.15, 0.2) is 83.0 Å². The zero-order valence-corrected chi connectivity index (χ0v) is 18.6. The molecule has 0 aliphatic rings. The van der Waals surface area contributed by atoms with Gasteiger partial charge in [0.15, 0.2) is 11.5 Å². The Morgan fingerprint density at radius 2 is 1.65 bits per heavy atom. The fraction of sp³-hybridized carbons (Fsp3) is 0.0833. The molecule has 0 aromatic heterocycles. The molecule has 0 aliphatic heterocycles. The first-order chi connectivity index (χ1) is 15.0. The van der Waals surface area contributed by atoms with E-state index in [0.29, 0.717) is 28.3 Å². The molecular weight excluding hydrogens is 460 g/mol. The number of hydrogen-bond donors (Lipinski definition) is 2. The summed E-state index contributed by atoms with van der Waals surface area (Å²) in [6.07, 6.45) is 1.55. The van der Waals surface area contributed by atoms with Crippen LogP contribution in [0.4, 0.5) is 5.69 Å². The normalized spacial score (nSPS) is 10.9. The molecule has 7 heteroatoms. The summed E-state index contributed by atoms with van der Waals surface area (Å²) in [6.45, 7) is 0. The van der Waals surface area contributed by atoms with Crippen LogP contribution in [0.3, 0.4) is 0 Å². The van der Waals surface area contributed by atoms with Crippen LogP contribution in [0.25, 0.3) is 6.08 Å². The summed E-state index contributed by atoms with van der Waals surface area (Å²) in [4.78, 5) is 25.8. The molecule has 3 aromatic rings. The Hall–Kier alpha value is -3.58. The van der Waals surface area contributed by atoms with Crippen molar-refractivity contribution < 1.29 is 19.1 Å². The zero-order chi connectivity index (χ0) is 22.2. The lowest BCUT2D eigenvalue weighted by molar-refractivity contribution is -0.113. The van der Waals surface area contributed by atoms with Gasteiger partial charge in [0, 0.05) is 21.3 Å². The summed E-state index contributed by atoms with van der Waals surface area (Å²) in [5.41, 5.74) is 1.65. The summed E-state index contributed by atoms with van der Waals surface area (Å²) < 4.78 is 11.6. The van der Waals surface area contributed by atoms with Gasteiger partial charge in [0.1, 0.15) is 5.70 Å². The number of carbonyl (C=O) groups excluding carboxylic acids is 2. The molecule has 0 heterocycles. The Labute approximate surface area is 189 Å². The van der Waals surface area contributed by atoms with Crippen LogP contribution in [-0.2, 0) is 4.79 Å².